The molecule has 0 saturated heterocycles. The number of benzene rings is 1. The second-order valence-electron chi connectivity index (χ2n) is 5.42. The number of hydrogen-bond donors (Lipinski definition) is 0. The van der Waals surface area contributed by atoms with Crippen molar-refractivity contribution in [2.24, 2.45) is 0 Å². The predicted molar refractivity (Wildman–Crippen MR) is 91.2 cm³/mol. The third-order valence-corrected chi connectivity index (χ3v) is 3.94. The Labute approximate surface area is 140 Å². The molecule has 5 nitrogen and oxygen atoms in total. The van der Waals surface area contributed by atoms with E-state index in [1.165, 1.54) is 22.8 Å². The molecular weight excluding hydrogens is 309 g/mol. The van der Waals surface area contributed by atoms with Gasteiger partial charge < -0.3 is 4.90 Å². The van der Waals surface area contributed by atoms with Crippen molar-refractivity contribution in [1.82, 2.24) is 14.5 Å². The molecule has 1 amide bonds. The molecule has 0 aliphatic carbocycles. The van der Waals surface area contributed by atoms with Crippen LogP contribution < -0.4 is 5.56 Å². The first-order valence-electron chi connectivity index (χ1n) is 8.14. The average molecular weight is 331 g/mol. The van der Waals surface area contributed by atoms with E-state index in [1.807, 2.05) is 20.8 Å². The standard InChI is InChI=1S/C18H22FN3O2/c1-4-15-11-16(23)22(12-17(24)21(5-2)6-3)18(20-15)13-7-9-14(19)10-8-13/h7-11H,4-6,12H2,1-3H3. The fraction of sp³-hybridized carbons (Fsp3) is 0.389. The maximum Gasteiger partial charge on any atom is 0.254 e. The summed E-state index contributed by atoms with van der Waals surface area (Å²) in [5.41, 5.74) is 0.976. The van der Waals surface area contributed by atoms with E-state index in [-0.39, 0.29) is 23.8 Å². The summed E-state index contributed by atoms with van der Waals surface area (Å²) in [6.07, 6.45) is 0.605. The Bertz CT molecular complexity index is 765. The van der Waals surface area contributed by atoms with Gasteiger partial charge in [-0.1, -0.05) is 6.92 Å². The molecule has 2 rings (SSSR count). The lowest BCUT2D eigenvalue weighted by Gasteiger charge is -2.20. The summed E-state index contributed by atoms with van der Waals surface area (Å²) in [5, 5.41) is 0. The van der Waals surface area contributed by atoms with Gasteiger partial charge in [-0.05, 0) is 44.5 Å². The van der Waals surface area contributed by atoms with Crippen LogP contribution in [0.3, 0.4) is 0 Å². The van der Waals surface area contributed by atoms with Crippen LogP contribution in [0.1, 0.15) is 26.5 Å². The Hall–Kier alpha value is -2.50. The molecule has 0 saturated carbocycles. The molecule has 1 aromatic carbocycles. The summed E-state index contributed by atoms with van der Waals surface area (Å²) in [7, 11) is 0. The summed E-state index contributed by atoms with van der Waals surface area (Å²) in [6, 6.07) is 7.21. The number of carbonyl (C=O) groups excluding carboxylic acids is 1. The molecule has 24 heavy (non-hydrogen) atoms. The van der Waals surface area contributed by atoms with Gasteiger partial charge in [0.05, 0.1) is 0 Å². The Kier molecular flexibility index (Phi) is 5.84. The summed E-state index contributed by atoms with van der Waals surface area (Å²) in [4.78, 5) is 31.0. The average Bonchev–Trinajstić information content (AvgIpc) is 2.58. The molecule has 1 aromatic heterocycles. The van der Waals surface area contributed by atoms with Crippen LogP contribution in [0.15, 0.2) is 35.1 Å². The molecule has 0 aliphatic rings. The minimum absolute atomic E-state index is 0.0791. The Balaban J connectivity index is 2.51. The molecule has 0 fully saturated rings. The Morgan fingerprint density at radius 1 is 1.17 bits per heavy atom. The van der Waals surface area contributed by atoms with Gasteiger partial charge in [0.25, 0.3) is 5.56 Å². The van der Waals surface area contributed by atoms with E-state index in [1.54, 1.807) is 17.0 Å². The normalized spacial score (nSPS) is 10.7. The van der Waals surface area contributed by atoms with Gasteiger partial charge in [0, 0.05) is 30.4 Å². The van der Waals surface area contributed by atoms with Crippen LogP contribution in [0.25, 0.3) is 11.4 Å². The van der Waals surface area contributed by atoms with Crippen molar-refractivity contribution in [2.45, 2.75) is 33.7 Å². The molecule has 6 heteroatoms. The molecule has 0 atom stereocenters. The third-order valence-electron chi connectivity index (χ3n) is 3.94. The van der Waals surface area contributed by atoms with E-state index in [0.717, 1.165) is 0 Å². The summed E-state index contributed by atoms with van der Waals surface area (Å²) >= 11 is 0. The topological polar surface area (TPSA) is 55.2 Å². The maximum absolute atomic E-state index is 13.2. The maximum atomic E-state index is 13.2. The molecule has 128 valence electrons. The van der Waals surface area contributed by atoms with Crippen LogP contribution in [-0.4, -0.2) is 33.4 Å². The first-order chi connectivity index (χ1) is 11.5. The fourth-order valence-electron chi connectivity index (χ4n) is 2.52. The quantitative estimate of drug-likeness (QED) is 0.817. The lowest BCUT2D eigenvalue weighted by atomic mass is 10.2. The van der Waals surface area contributed by atoms with Gasteiger partial charge in [-0.15, -0.1) is 0 Å². The molecule has 0 N–H and O–H groups in total. The molecule has 1 heterocycles. The first kappa shape index (κ1) is 17.8. The van der Waals surface area contributed by atoms with Crippen LogP contribution in [0.4, 0.5) is 4.39 Å². The molecule has 2 aromatic rings. The van der Waals surface area contributed by atoms with Crippen molar-refractivity contribution < 1.29 is 9.18 Å². The second kappa shape index (κ2) is 7.86. The number of carbonyl (C=O) groups is 1. The number of rotatable bonds is 6. The molecular formula is C18H22FN3O2. The van der Waals surface area contributed by atoms with Crippen molar-refractivity contribution in [3.63, 3.8) is 0 Å². The van der Waals surface area contributed by atoms with Crippen LogP contribution in [0.2, 0.25) is 0 Å². The SMILES string of the molecule is CCc1cc(=O)n(CC(=O)N(CC)CC)c(-c2ccc(F)cc2)n1. The zero-order valence-corrected chi connectivity index (χ0v) is 14.3. The highest BCUT2D eigenvalue weighted by atomic mass is 19.1. The zero-order chi connectivity index (χ0) is 17.7. The summed E-state index contributed by atoms with van der Waals surface area (Å²) in [5.74, 6) is -0.116. The van der Waals surface area contributed by atoms with Crippen LogP contribution >= 0.6 is 0 Å². The van der Waals surface area contributed by atoms with E-state index < -0.39 is 0 Å². The smallest absolute Gasteiger partial charge is 0.254 e. The largest absolute Gasteiger partial charge is 0.342 e. The second-order valence-corrected chi connectivity index (χ2v) is 5.42. The van der Waals surface area contributed by atoms with Gasteiger partial charge in [0.2, 0.25) is 5.91 Å². The number of nitrogens with zero attached hydrogens (tertiary/aromatic N) is 3. The van der Waals surface area contributed by atoms with Crippen molar-refractivity contribution in [3.05, 3.63) is 52.2 Å². The van der Waals surface area contributed by atoms with Gasteiger partial charge in [-0.2, -0.15) is 0 Å². The molecule has 0 aliphatic heterocycles. The summed E-state index contributed by atoms with van der Waals surface area (Å²) < 4.78 is 14.5. The van der Waals surface area contributed by atoms with Crippen molar-refractivity contribution in [3.8, 4) is 11.4 Å². The van der Waals surface area contributed by atoms with Gasteiger partial charge in [-0.3, -0.25) is 14.2 Å². The van der Waals surface area contributed by atoms with E-state index in [9.17, 15) is 14.0 Å². The van der Waals surface area contributed by atoms with E-state index >= 15 is 0 Å². The predicted octanol–water partition coefficient (Wildman–Crippen LogP) is 2.48. The van der Waals surface area contributed by atoms with Crippen molar-refractivity contribution in [1.29, 1.82) is 0 Å². The highest BCUT2D eigenvalue weighted by Gasteiger charge is 2.16. The summed E-state index contributed by atoms with van der Waals surface area (Å²) in [6.45, 7) is 6.77. The number of aryl methyl sites for hydroxylation is 1. The highest BCUT2D eigenvalue weighted by Crippen LogP contribution is 2.17. The minimum Gasteiger partial charge on any atom is -0.342 e. The molecule has 0 unspecified atom stereocenters. The fourth-order valence-corrected chi connectivity index (χ4v) is 2.52. The highest BCUT2D eigenvalue weighted by molar-refractivity contribution is 5.76. The van der Waals surface area contributed by atoms with Gasteiger partial charge >= 0.3 is 0 Å². The van der Waals surface area contributed by atoms with Gasteiger partial charge in [0.1, 0.15) is 18.2 Å². The van der Waals surface area contributed by atoms with E-state index in [2.05, 4.69) is 4.98 Å². The Morgan fingerprint density at radius 3 is 2.33 bits per heavy atom. The van der Waals surface area contributed by atoms with Gasteiger partial charge in [0.15, 0.2) is 0 Å². The Morgan fingerprint density at radius 2 is 1.79 bits per heavy atom. The third kappa shape index (κ3) is 3.88. The first-order valence-corrected chi connectivity index (χ1v) is 8.14. The van der Waals surface area contributed by atoms with Crippen molar-refractivity contribution >= 4 is 5.91 Å². The molecule has 0 spiro atoms. The van der Waals surface area contributed by atoms with E-state index in [4.69, 9.17) is 0 Å². The van der Waals surface area contributed by atoms with Gasteiger partial charge in [-0.25, -0.2) is 9.37 Å². The van der Waals surface area contributed by atoms with E-state index in [0.29, 0.717) is 36.6 Å². The lowest BCUT2D eigenvalue weighted by Crippen LogP contribution is -2.37. The number of hydrogen-bond acceptors (Lipinski definition) is 3. The van der Waals surface area contributed by atoms with Crippen molar-refractivity contribution in [2.75, 3.05) is 13.1 Å². The monoisotopic (exact) mass is 331 g/mol. The molecule has 0 radical (unpaired) electrons. The molecule has 0 bridgehead atoms. The number of likely N-dealkylation sites (N-methyl/N-ethyl adjacent to an activating group) is 1. The van der Waals surface area contributed by atoms with Crippen LogP contribution in [0, 0.1) is 5.82 Å². The minimum atomic E-state index is -0.362. The number of amides is 1. The number of aromatic nitrogens is 2. The zero-order valence-electron chi connectivity index (χ0n) is 14.3. The van der Waals surface area contributed by atoms with Crippen LogP contribution in [-0.2, 0) is 17.8 Å². The number of halogens is 1. The van der Waals surface area contributed by atoms with Crippen LogP contribution in [0.5, 0.6) is 0 Å². The lowest BCUT2D eigenvalue weighted by molar-refractivity contribution is -0.131.